The van der Waals surface area contributed by atoms with E-state index in [-0.39, 0.29) is 62.1 Å². The monoisotopic (exact) mass is 1350 g/mol. The lowest BCUT2D eigenvalue weighted by Crippen LogP contribution is -2.10. The number of azo groups is 1. The Morgan fingerprint density at radius 1 is 0.457 bits per heavy atom. The number of aromatic nitrogens is 13. The molecule has 94 heavy (non-hydrogen) atoms. The van der Waals surface area contributed by atoms with Crippen molar-refractivity contribution in [1.82, 2.24) is 65.6 Å². The zero-order chi connectivity index (χ0) is 71.0. The number of H-pyrrole nitrogens is 9. The largest absolute Gasteiger partial charge is 0.416 e. The van der Waals surface area contributed by atoms with E-state index in [1.807, 2.05) is 67.8 Å². The van der Waals surface area contributed by atoms with Crippen LogP contribution in [0.25, 0.3) is 0 Å². The molecule has 11 rings (SSSR count). The summed E-state index contributed by atoms with van der Waals surface area (Å²) >= 11 is 2.57. The third kappa shape index (κ3) is 36.5. The number of imidazole rings is 2. The average molecular weight is 1350 g/mol. The van der Waals surface area contributed by atoms with Crippen molar-refractivity contribution in [3.05, 3.63) is 179 Å². The first kappa shape index (κ1) is 83.3. The second kappa shape index (κ2) is 45.6. The molecule has 1 atom stereocenters. The van der Waals surface area contributed by atoms with Gasteiger partial charge in [-0.15, -0.1) is 5.10 Å². The standard InChI is InChI=1S/2C6H10N2.C6H12N2.4C6H9NO2.2C6H9NOS.2C5H9N3/c2*1-5(2)6-3-7-4-8-6;1-5(2)6-3-7-8-4-6;2*1-4(2)5-3-7-6(8)9-5;2*1-4(2)5-3-6(8)7-9-5;2*1-4(2)5-3-7-6(8)9-5;2*1-4(2)5-3-6-8-7-5/h2*3-5H,1-2H3,(H,7,8);5-6H,3-4H2,1-2H3;6*3-4H,1-2H3,(H,7,8);3-4H,1-2H3,(H,6,7,8);3-5H,1-2H3. The van der Waals surface area contributed by atoms with Crippen LogP contribution in [0.5, 0.6) is 0 Å². The maximum absolute atomic E-state index is 10.6. The van der Waals surface area contributed by atoms with Crippen molar-refractivity contribution in [3.63, 3.8) is 0 Å². The predicted octanol–water partition coefficient (Wildman–Crippen LogP) is 14.7. The Morgan fingerprint density at radius 3 is 1.02 bits per heavy atom. The molecule has 0 radical (unpaired) electrons. The quantitative estimate of drug-likeness (QED) is 0.0581. The Labute approximate surface area is 557 Å². The van der Waals surface area contributed by atoms with Crippen LogP contribution in [-0.2, 0) is 0 Å². The Kier molecular flexibility index (Phi) is 40.4. The maximum atomic E-state index is 10.6. The van der Waals surface area contributed by atoms with Crippen LogP contribution in [0.15, 0.2) is 140 Å². The van der Waals surface area contributed by atoms with Gasteiger partial charge in [0.05, 0.1) is 43.8 Å². The van der Waals surface area contributed by atoms with Gasteiger partial charge in [-0.3, -0.25) is 29.1 Å². The van der Waals surface area contributed by atoms with E-state index in [2.05, 4.69) is 188 Å². The molecule has 0 fully saturated rings. The smallest absolute Gasteiger partial charge is 0.413 e. The van der Waals surface area contributed by atoms with Crippen molar-refractivity contribution in [1.29, 1.82) is 0 Å². The zero-order valence-corrected chi connectivity index (χ0v) is 60.4. The number of hydrogen-bond acceptors (Lipinski definition) is 21. The highest BCUT2D eigenvalue weighted by molar-refractivity contribution is 7.09. The van der Waals surface area contributed by atoms with Crippen LogP contribution in [0, 0.1) is 17.8 Å². The van der Waals surface area contributed by atoms with E-state index in [9.17, 15) is 28.8 Å². The van der Waals surface area contributed by atoms with Gasteiger partial charge in [0.25, 0.3) is 11.1 Å². The van der Waals surface area contributed by atoms with E-state index >= 15 is 0 Å². The van der Waals surface area contributed by atoms with E-state index in [4.69, 9.17) is 17.9 Å². The summed E-state index contributed by atoms with van der Waals surface area (Å²) in [6, 6.07) is 3.16. The maximum Gasteiger partial charge on any atom is 0.416 e. The van der Waals surface area contributed by atoms with Crippen LogP contribution in [0.3, 0.4) is 0 Å². The molecule has 11 heterocycles. The first-order valence-corrected chi connectivity index (χ1v) is 33.0. The predicted molar refractivity (Wildman–Crippen MR) is 372 cm³/mol. The summed E-state index contributed by atoms with van der Waals surface area (Å²) < 4.78 is 19.0. The molecule has 30 heteroatoms. The SMILES string of the molecule is CC(C)C1C=NN=N1.CC(C)C1CN=NC1.CC(C)c1c[nH]c(=O)o1.CC(C)c1c[nH]c(=O)o1.CC(C)c1c[nH]c(=O)s1.CC(C)c1c[nH]c(=O)s1.CC(C)c1cc(=O)[nH]o1.CC(C)c1cc(=O)[nH]o1.CC(C)c1cn[nH]n1.CC(C)c1cnc[nH]1.CC(C)c1cnc[nH]1. The van der Waals surface area contributed by atoms with E-state index in [0.29, 0.717) is 58.5 Å². The number of thiazole rings is 2. The summed E-state index contributed by atoms with van der Waals surface area (Å²) in [6.45, 7) is 47.2. The highest BCUT2D eigenvalue weighted by atomic mass is 32.1. The van der Waals surface area contributed by atoms with Crippen LogP contribution in [-0.4, -0.2) is 90.9 Å². The summed E-state index contributed by atoms with van der Waals surface area (Å²) in [5.41, 5.74) is 3.08. The van der Waals surface area contributed by atoms with Crippen LogP contribution < -0.4 is 32.4 Å². The molecule has 522 valence electrons. The number of nitrogens with one attached hydrogen (secondary N) is 9. The van der Waals surface area contributed by atoms with Crippen molar-refractivity contribution < 1.29 is 17.9 Å². The van der Waals surface area contributed by atoms with Crippen molar-refractivity contribution in [2.24, 2.45) is 43.4 Å². The van der Waals surface area contributed by atoms with E-state index < -0.39 is 0 Å². The van der Waals surface area contributed by atoms with Gasteiger partial charge in [0.15, 0.2) is 0 Å². The van der Waals surface area contributed by atoms with Gasteiger partial charge in [0, 0.05) is 100 Å². The van der Waals surface area contributed by atoms with E-state index in [0.717, 1.165) is 40.4 Å². The average Bonchev–Trinajstić information content (AvgIpc) is 3.78. The molecule has 0 amide bonds. The first-order valence-electron chi connectivity index (χ1n) is 31.4. The molecule has 0 spiro atoms. The minimum absolute atomic E-state index is 0.0405. The summed E-state index contributed by atoms with van der Waals surface area (Å²) in [4.78, 5) is 89.0. The molecule has 0 saturated heterocycles. The first-order chi connectivity index (χ1) is 44.2. The third-order valence-electron chi connectivity index (χ3n) is 12.8. The Morgan fingerprint density at radius 2 is 0.872 bits per heavy atom. The highest BCUT2D eigenvalue weighted by Crippen LogP contribution is 2.18. The molecule has 2 aliphatic heterocycles. The van der Waals surface area contributed by atoms with Gasteiger partial charge in [-0.05, 0) is 46.6 Å². The third-order valence-corrected chi connectivity index (χ3v) is 15.0. The van der Waals surface area contributed by atoms with Crippen molar-refractivity contribution >= 4 is 28.9 Å². The summed E-state index contributed by atoms with van der Waals surface area (Å²) in [5.74, 6) is 7.77. The molecule has 9 N–H and O–H groups in total. The highest BCUT2D eigenvalue weighted by Gasteiger charge is 2.16. The van der Waals surface area contributed by atoms with Crippen LogP contribution >= 0.6 is 22.7 Å². The summed E-state index contributed by atoms with van der Waals surface area (Å²) in [5, 5.41) is 33.3. The topological polar surface area (TPSA) is 410 Å². The summed E-state index contributed by atoms with van der Waals surface area (Å²) in [7, 11) is 0. The molecule has 1 unspecified atom stereocenters. The van der Waals surface area contributed by atoms with Gasteiger partial charge in [0.1, 0.15) is 29.1 Å². The normalized spacial score (nSPS) is 12.7. The molecule has 9 aromatic rings. The molecule has 2 aliphatic rings. The fraction of sp³-hybridized carbons (Fsp3) is 0.578. The molecule has 0 aliphatic carbocycles. The number of nitrogens with zero attached hydrogens (tertiary/aromatic N) is 9. The van der Waals surface area contributed by atoms with Crippen molar-refractivity contribution in [3.8, 4) is 0 Å². The number of oxazole rings is 2. The number of hydrogen-bond donors (Lipinski definition) is 9. The zero-order valence-electron chi connectivity index (χ0n) is 58.8. The van der Waals surface area contributed by atoms with Gasteiger partial charge in [-0.2, -0.15) is 41.1 Å². The summed E-state index contributed by atoms with van der Waals surface area (Å²) in [6.07, 6.45) is 17.4. The fourth-order valence-corrected chi connectivity index (χ4v) is 7.84. The van der Waals surface area contributed by atoms with Crippen LogP contribution in [0.4, 0.5) is 0 Å². The van der Waals surface area contributed by atoms with Crippen LogP contribution in [0.2, 0.25) is 0 Å². The fourth-order valence-electron chi connectivity index (χ4n) is 6.47. The Bertz CT molecular complexity index is 3220. The molecular formula is C64H104N18O10S2. The lowest BCUT2D eigenvalue weighted by molar-refractivity contribution is 0.367. The van der Waals surface area contributed by atoms with Gasteiger partial charge in [-0.25, -0.2) is 19.6 Å². The number of aromatic amines is 9. The van der Waals surface area contributed by atoms with Gasteiger partial charge < -0.3 is 37.8 Å². The Hall–Kier alpha value is -8.67. The van der Waals surface area contributed by atoms with Gasteiger partial charge in [-0.1, -0.05) is 175 Å². The Balaban J connectivity index is 0.000000517. The van der Waals surface area contributed by atoms with E-state index in [1.165, 1.54) is 46.2 Å². The van der Waals surface area contributed by atoms with Crippen LogP contribution in [0.1, 0.15) is 255 Å². The molecule has 0 aromatic carbocycles. The van der Waals surface area contributed by atoms with E-state index in [1.54, 1.807) is 49.9 Å². The lowest BCUT2D eigenvalue weighted by Gasteiger charge is -2.08. The molecule has 0 bridgehead atoms. The minimum Gasteiger partial charge on any atom is -0.413 e. The second-order valence-corrected chi connectivity index (χ2v) is 26.8. The molecular weight excluding hydrogens is 1240 g/mol. The van der Waals surface area contributed by atoms with Crippen molar-refractivity contribution in [2.45, 2.75) is 212 Å². The number of rotatable bonds is 11. The molecule has 28 nitrogen and oxygen atoms in total. The van der Waals surface area contributed by atoms with Gasteiger partial charge >= 0.3 is 21.3 Å². The lowest BCUT2D eigenvalue weighted by atomic mass is 9.97. The van der Waals surface area contributed by atoms with Crippen molar-refractivity contribution in [2.75, 3.05) is 13.1 Å². The minimum atomic E-state index is -0.376. The molecule has 0 saturated carbocycles. The van der Waals surface area contributed by atoms with Gasteiger partial charge in [0.2, 0.25) is 0 Å². The molecule has 9 aromatic heterocycles. The second-order valence-electron chi connectivity index (χ2n) is 24.7.